The van der Waals surface area contributed by atoms with Crippen molar-refractivity contribution in [2.24, 2.45) is 0 Å². The molecule has 1 radical (unpaired) electrons. The van der Waals surface area contributed by atoms with Gasteiger partial charge in [0, 0.05) is 18.1 Å². The zero-order valence-electron chi connectivity index (χ0n) is 7.62. The Morgan fingerprint density at radius 2 is 2.38 bits per heavy atom. The first-order chi connectivity index (χ1) is 6.33. The molecule has 2 nitrogen and oxygen atoms in total. The van der Waals surface area contributed by atoms with Crippen LogP contribution >= 0.6 is 0 Å². The number of benzene rings is 1. The molecule has 2 aromatic rings. The fourth-order valence-electron chi connectivity index (χ4n) is 1.58. The molecular formula is C11H12NO. The third-order valence-electron chi connectivity index (χ3n) is 2.14. The SMILES string of the molecule is CCCn1cc(O)c2[c]cccc21. The van der Waals surface area contributed by atoms with Gasteiger partial charge in [-0.2, -0.15) is 0 Å². The van der Waals surface area contributed by atoms with Crippen LogP contribution in [0.25, 0.3) is 10.9 Å². The molecule has 0 fully saturated rings. The Morgan fingerprint density at radius 1 is 1.54 bits per heavy atom. The average Bonchev–Trinajstić information content (AvgIpc) is 2.46. The van der Waals surface area contributed by atoms with Gasteiger partial charge in [-0.25, -0.2) is 0 Å². The third kappa shape index (κ3) is 1.28. The van der Waals surface area contributed by atoms with Crippen molar-refractivity contribution < 1.29 is 5.11 Å². The van der Waals surface area contributed by atoms with E-state index in [0.29, 0.717) is 5.75 Å². The molecule has 13 heavy (non-hydrogen) atoms. The lowest BCUT2D eigenvalue weighted by molar-refractivity contribution is 0.478. The lowest BCUT2D eigenvalue weighted by atomic mass is 10.2. The molecule has 1 aromatic heterocycles. The Kier molecular flexibility index (Phi) is 1.97. The van der Waals surface area contributed by atoms with E-state index in [1.807, 2.05) is 18.2 Å². The van der Waals surface area contributed by atoms with Gasteiger partial charge in [0.25, 0.3) is 0 Å². The number of aromatic nitrogens is 1. The fourth-order valence-corrected chi connectivity index (χ4v) is 1.58. The molecule has 2 heteroatoms. The smallest absolute Gasteiger partial charge is 0.141 e. The maximum absolute atomic E-state index is 9.57. The van der Waals surface area contributed by atoms with Crippen molar-refractivity contribution in [1.29, 1.82) is 0 Å². The molecule has 1 aromatic carbocycles. The highest BCUT2D eigenvalue weighted by molar-refractivity contribution is 5.85. The summed E-state index contributed by atoms with van der Waals surface area (Å²) in [5, 5.41) is 10.4. The van der Waals surface area contributed by atoms with Crippen LogP contribution in [0.15, 0.2) is 24.4 Å². The minimum absolute atomic E-state index is 0.323. The van der Waals surface area contributed by atoms with Crippen molar-refractivity contribution in [1.82, 2.24) is 4.57 Å². The highest BCUT2D eigenvalue weighted by atomic mass is 16.3. The molecule has 0 aliphatic carbocycles. The van der Waals surface area contributed by atoms with Crippen molar-refractivity contribution >= 4 is 10.9 Å². The second kappa shape index (κ2) is 3.13. The van der Waals surface area contributed by atoms with Crippen molar-refractivity contribution in [3.05, 3.63) is 30.5 Å². The molecule has 0 unspecified atom stereocenters. The molecular weight excluding hydrogens is 162 g/mol. The first kappa shape index (κ1) is 8.17. The molecule has 2 rings (SSSR count). The molecule has 0 saturated carbocycles. The Bertz CT molecular complexity index is 417. The number of fused-ring (bicyclic) bond motifs is 1. The number of aromatic hydroxyl groups is 1. The van der Waals surface area contributed by atoms with Gasteiger partial charge in [-0.05, 0) is 18.6 Å². The maximum atomic E-state index is 9.57. The number of hydrogen-bond donors (Lipinski definition) is 1. The Hall–Kier alpha value is -1.44. The van der Waals surface area contributed by atoms with Gasteiger partial charge in [0.15, 0.2) is 0 Å². The quantitative estimate of drug-likeness (QED) is 0.743. The lowest BCUT2D eigenvalue weighted by Crippen LogP contribution is -1.92. The lowest BCUT2D eigenvalue weighted by Gasteiger charge is -2.00. The molecule has 0 atom stereocenters. The Morgan fingerprint density at radius 3 is 3.15 bits per heavy atom. The molecule has 0 amide bonds. The first-order valence-corrected chi connectivity index (χ1v) is 4.51. The van der Waals surface area contributed by atoms with Crippen molar-refractivity contribution in [2.75, 3.05) is 0 Å². The zero-order chi connectivity index (χ0) is 9.26. The van der Waals surface area contributed by atoms with Gasteiger partial charge in [0.1, 0.15) is 5.75 Å². The predicted molar refractivity (Wildman–Crippen MR) is 52.7 cm³/mol. The van der Waals surface area contributed by atoms with E-state index in [1.54, 1.807) is 6.20 Å². The van der Waals surface area contributed by atoms with Crippen LogP contribution in [-0.4, -0.2) is 9.67 Å². The summed E-state index contributed by atoms with van der Waals surface area (Å²) in [4.78, 5) is 0. The molecule has 1 N–H and O–H groups in total. The summed E-state index contributed by atoms with van der Waals surface area (Å²) in [6.45, 7) is 3.06. The summed E-state index contributed by atoms with van der Waals surface area (Å²) in [6.07, 6.45) is 2.84. The van der Waals surface area contributed by atoms with Gasteiger partial charge in [-0.15, -0.1) is 0 Å². The second-order valence-corrected chi connectivity index (χ2v) is 3.14. The molecule has 67 valence electrons. The van der Waals surface area contributed by atoms with Crippen molar-refractivity contribution in [3.63, 3.8) is 0 Å². The van der Waals surface area contributed by atoms with E-state index in [4.69, 9.17) is 0 Å². The minimum Gasteiger partial charge on any atom is -0.506 e. The molecule has 0 saturated heterocycles. The van der Waals surface area contributed by atoms with Crippen LogP contribution in [0.1, 0.15) is 13.3 Å². The van der Waals surface area contributed by atoms with E-state index in [0.717, 1.165) is 23.9 Å². The van der Waals surface area contributed by atoms with E-state index in [2.05, 4.69) is 17.6 Å². The standard InChI is InChI=1S/C11H12NO/c1-2-7-12-8-11(13)9-5-3-4-6-10(9)12/h3-4,6,8,13H,2,7H2,1H3. The van der Waals surface area contributed by atoms with Gasteiger partial charge in [0.2, 0.25) is 0 Å². The van der Waals surface area contributed by atoms with Crippen LogP contribution in [-0.2, 0) is 6.54 Å². The highest BCUT2D eigenvalue weighted by Gasteiger charge is 2.04. The molecule has 0 bridgehead atoms. The van der Waals surface area contributed by atoms with Crippen LogP contribution in [0, 0.1) is 6.07 Å². The summed E-state index contributed by atoms with van der Waals surface area (Å²) in [5.74, 6) is 0.323. The van der Waals surface area contributed by atoms with E-state index in [9.17, 15) is 5.11 Å². The normalized spacial score (nSPS) is 10.8. The van der Waals surface area contributed by atoms with Gasteiger partial charge < -0.3 is 9.67 Å². The van der Waals surface area contributed by atoms with Crippen molar-refractivity contribution in [3.8, 4) is 5.75 Å². The average molecular weight is 174 g/mol. The van der Waals surface area contributed by atoms with Gasteiger partial charge in [-0.1, -0.05) is 19.1 Å². The molecule has 0 aliphatic heterocycles. The second-order valence-electron chi connectivity index (χ2n) is 3.14. The minimum atomic E-state index is 0.323. The zero-order valence-corrected chi connectivity index (χ0v) is 7.62. The summed E-state index contributed by atoms with van der Waals surface area (Å²) in [6, 6.07) is 8.78. The first-order valence-electron chi connectivity index (χ1n) is 4.51. The van der Waals surface area contributed by atoms with E-state index < -0.39 is 0 Å². The highest BCUT2D eigenvalue weighted by Crippen LogP contribution is 2.25. The van der Waals surface area contributed by atoms with E-state index >= 15 is 0 Å². The largest absolute Gasteiger partial charge is 0.506 e. The molecule has 0 spiro atoms. The van der Waals surface area contributed by atoms with Crippen LogP contribution < -0.4 is 0 Å². The fraction of sp³-hybridized carbons (Fsp3) is 0.273. The summed E-state index contributed by atoms with van der Waals surface area (Å²) >= 11 is 0. The van der Waals surface area contributed by atoms with Gasteiger partial charge >= 0.3 is 0 Å². The predicted octanol–water partition coefficient (Wildman–Crippen LogP) is 2.56. The van der Waals surface area contributed by atoms with Gasteiger partial charge in [-0.3, -0.25) is 0 Å². The van der Waals surface area contributed by atoms with Crippen LogP contribution in [0.3, 0.4) is 0 Å². The van der Waals surface area contributed by atoms with Crippen LogP contribution in [0.2, 0.25) is 0 Å². The van der Waals surface area contributed by atoms with E-state index in [1.165, 1.54) is 0 Å². The number of hydrogen-bond acceptors (Lipinski definition) is 1. The summed E-state index contributed by atoms with van der Waals surface area (Å²) in [7, 11) is 0. The van der Waals surface area contributed by atoms with E-state index in [-0.39, 0.29) is 0 Å². The van der Waals surface area contributed by atoms with Gasteiger partial charge in [0.05, 0.1) is 5.52 Å². The Labute approximate surface area is 77.4 Å². The van der Waals surface area contributed by atoms with Crippen LogP contribution in [0.4, 0.5) is 0 Å². The summed E-state index contributed by atoms with van der Waals surface area (Å²) in [5.41, 5.74) is 1.06. The summed E-state index contributed by atoms with van der Waals surface area (Å²) < 4.78 is 2.06. The Balaban J connectivity index is 2.63. The van der Waals surface area contributed by atoms with Crippen molar-refractivity contribution in [2.45, 2.75) is 19.9 Å². The topological polar surface area (TPSA) is 25.2 Å². The number of nitrogens with zero attached hydrogens (tertiary/aromatic N) is 1. The monoisotopic (exact) mass is 174 g/mol. The molecule has 0 aliphatic rings. The molecule has 1 heterocycles. The third-order valence-corrected chi connectivity index (χ3v) is 2.14. The van der Waals surface area contributed by atoms with Crippen LogP contribution in [0.5, 0.6) is 5.75 Å². The number of rotatable bonds is 2. The number of aryl methyl sites for hydroxylation is 1. The maximum Gasteiger partial charge on any atom is 0.141 e.